The molecule has 0 spiro atoms. The zero-order chi connectivity index (χ0) is 22.3. The molecule has 0 atom stereocenters. The summed E-state index contributed by atoms with van der Waals surface area (Å²) < 4.78 is 16.4. The molecule has 32 heavy (non-hydrogen) atoms. The van der Waals surface area contributed by atoms with Gasteiger partial charge in [0.05, 0.1) is 26.4 Å². The number of benzene rings is 3. The topological polar surface area (TPSA) is 77.6 Å². The van der Waals surface area contributed by atoms with Crippen molar-refractivity contribution in [2.24, 2.45) is 0 Å². The molecule has 0 radical (unpaired) electrons. The second-order valence-electron chi connectivity index (χ2n) is 7.52. The van der Waals surface area contributed by atoms with Gasteiger partial charge in [0.25, 0.3) is 5.89 Å². The van der Waals surface area contributed by atoms with Crippen LogP contribution in [-0.4, -0.2) is 35.6 Å². The van der Waals surface area contributed by atoms with Crippen molar-refractivity contribution in [1.82, 2.24) is 10.1 Å². The first-order valence-electron chi connectivity index (χ1n) is 10.5. The molecule has 0 aliphatic heterocycles. The molecule has 1 aromatic heterocycles. The minimum atomic E-state index is 0.00157. The highest BCUT2D eigenvalue weighted by Crippen LogP contribution is 2.31. The van der Waals surface area contributed by atoms with Gasteiger partial charge in [-0.2, -0.15) is 4.98 Å². The summed E-state index contributed by atoms with van der Waals surface area (Å²) in [6.45, 7) is 3.31. The van der Waals surface area contributed by atoms with E-state index < -0.39 is 0 Å². The fourth-order valence-corrected chi connectivity index (χ4v) is 3.65. The third-order valence-electron chi connectivity index (χ3n) is 5.20. The van der Waals surface area contributed by atoms with Crippen LogP contribution in [0.4, 0.5) is 0 Å². The van der Waals surface area contributed by atoms with Crippen LogP contribution >= 0.6 is 0 Å². The Kier molecular flexibility index (Phi) is 7.07. The number of aliphatic hydroxyl groups excluding tert-OH is 1. The Morgan fingerprint density at radius 1 is 0.906 bits per heavy atom. The molecule has 0 unspecified atom stereocenters. The third-order valence-corrected chi connectivity index (χ3v) is 5.20. The Balaban J connectivity index is 1.62. The van der Waals surface area contributed by atoms with Crippen LogP contribution in [0.2, 0.25) is 0 Å². The van der Waals surface area contributed by atoms with E-state index in [1.165, 1.54) is 11.1 Å². The van der Waals surface area contributed by atoms with E-state index in [0.717, 1.165) is 27.8 Å². The van der Waals surface area contributed by atoms with E-state index in [-0.39, 0.29) is 6.61 Å². The molecule has 1 heterocycles. The lowest BCUT2D eigenvalue weighted by Gasteiger charge is -2.12. The van der Waals surface area contributed by atoms with Gasteiger partial charge in [-0.15, -0.1) is 0 Å². The Morgan fingerprint density at radius 2 is 1.78 bits per heavy atom. The quantitative estimate of drug-likeness (QED) is 0.375. The third kappa shape index (κ3) is 4.94. The molecular formula is C26H26N2O4. The van der Waals surface area contributed by atoms with Crippen molar-refractivity contribution in [2.75, 3.05) is 20.3 Å². The van der Waals surface area contributed by atoms with Crippen molar-refractivity contribution < 1.29 is 19.1 Å². The molecule has 1 N–H and O–H groups in total. The van der Waals surface area contributed by atoms with Crippen LogP contribution in [0.5, 0.6) is 0 Å². The zero-order valence-electron chi connectivity index (χ0n) is 18.2. The van der Waals surface area contributed by atoms with Gasteiger partial charge in [0.15, 0.2) is 0 Å². The predicted molar refractivity (Wildman–Crippen MR) is 123 cm³/mol. The summed E-state index contributed by atoms with van der Waals surface area (Å²) in [7, 11) is 1.69. The summed E-state index contributed by atoms with van der Waals surface area (Å²) >= 11 is 0. The van der Waals surface area contributed by atoms with Gasteiger partial charge in [-0.05, 0) is 52.9 Å². The average molecular weight is 431 g/mol. The Labute approximate surface area is 187 Å². The van der Waals surface area contributed by atoms with Crippen molar-refractivity contribution in [3.8, 4) is 34.0 Å². The Bertz CT molecular complexity index is 1190. The lowest BCUT2D eigenvalue weighted by atomic mass is 9.94. The molecule has 0 saturated heterocycles. The first-order valence-corrected chi connectivity index (χ1v) is 10.5. The van der Waals surface area contributed by atoms with Crippen LogP contribution in [-0.2, 0) is 22.7 Å². The molecule has 0 amide bonds. The van der Waals surface area contributed by atoms with Crippen molar-refractivity contribution in [2.45, 2.75) is 20.1 Å². The molecule has 0 fully saturated rings. The standard InChI is InChI=1S/C26H26N2O4/c1-18-6-3-4-9-23(18)24-11-10-21(15-22(24)17-30-2)26-27-25(28-32-26)20-8-5-7-19(14-20)16-31-13-12-29/h3-11,14-15,29H,12-13,16-17H2,1-2H3. The van der Waals surface area contributed by atoms with Gasteiger partial charge in [0.2, 0.25) is 5.82 Å². The van der Waals surface area contributed by atoms with Gasteiger partial charge in [-0.1, -0.05) is 53.7 Å². The highest BCUT2D eigenvalue weighted by Gasteiger charge is 2.15. The molecule has 0 saturated carbocycles. The van der Waals surface area contributed by atoms with Crippen molar-refractivity contribution in [3.05, 3.63) is 83.4 Å². The monoisotopic (exact) mass is 430 g/mol. The number of nitrogens with zero attached hydrogens (tertiary/aromatic N) is 2. The maximum Gasteiger partial charge on any atom is 0.258 e. The van der Waals surface area contributed by atoms with E-state index in [2.05, 4.69) is 35.3 Å². The summed E-state index contributed by atoms with van der Waals surface area (Å²) in [5, 5.41) is 13.0. The molecule has 4 aromatic rings. The average Bonchev–Trinajstić information content (AvgIpc) is 3.31. The van der Waals surface area contributed by atoms with Crippen LogP contribution in [0.3, 0.4) is 0 Å². The largest absolute Gasteiger partial charge is 0.394 e. The minimum absolute atomic E-state index is 0.00157. The summed E-state index contributed by atoms with van der Waals surface area (Å²) in [6.07, 6.45) is 0. The second-order valence-corrected chi connectivity index (χ2v) is 7.52. The highest BCUT2D eigenvalue weighted by molar-refractivity contribution is 5.74. The van der Waals surface area contributed by atoms with E-state index in [1.54, 1.807) is 7.11 Å². The first-order chi connectivity index (χ1) is 15.7. The fourth-order valence-electron chi connectivity index (χ4n) is 3.65. The lowest BCUT2D eigenvalue weighted by Crippen LogP contribution is -1.99. The normalized spacial score (nSPS) is 11.1. The van der Waals surface area contributed by atoms with Crippen molar-refractivity contribution in [3.63, 3.8) is 0 Å². The van der Waals surface area contributed by atoms with Gasteiger partial charge < -0.3 is 19.1 Å². The molecule has 164 valence electrons. The molecule has 0 aliphatic carbocycles. The molecule has 6 nitrogen and oxygen atoms in total. The van der Waals surface area contributed by atoms with Gasteiger partial charge in [0.1, 0.15) is 0 Å². The van der Waals surface area contributed by atoms with E-state index in [1.807, 2.05) is 48.5 Å². The van der Waals surface area contributed by atoms with Gasteiger partial charge in [0, 0.05) is 18.2 Å². The van der Waals surface area contributed by atoms with E-state index >= 15 is 0 Å². The SMILES string of the molecule is COCc1cc(-c2nc(-c3cccc(COCCO)c3)no2)ccc1-c1ccccc1C. The van der Waals surface area contributed by atoms with Gasteiger partial charge in [-0.25, -0.2) is 0 Å². The number of methoxy groups -OCH3 is 1. The van der Waals surface area contributed by atoms with Crippen molar-refractivity contribution in [1.29, 1.82) is 0 Å². The van der Waals surface area contributed by atoms with Gasteiger partial charge in [-0.3, -0.25) is 0 Å². The summed E-state index contributed by atoms with van der Waals surface area (Å²) in [5.74, 6) is 0.968. The van der Waals surface area contributed by atoms with Crippen LogP contribution in [0.25, 0.3) is 34.0 Å². The summed E-state index contributed by atoms with van der Waals surface area (Å²) in [6, 6.07) is 22.2. The number of rotatable bonds is 9. The number of hydrogen-bond donors (Lipinski definition) is 1. The molecule has 3 aromatic carbocycles. The smallest absolute Gasteiger partial charge is 0.258 e. The lowest BCUT2D eigenvalue weighted by molar-refractivity contribution is 0.0816. The van der Waals surface area contributed by atoms with Crippen LogP contribution in [0.1, 0.15) is 16.7 Å². The van der Waals surface area contributed by atoms with Crippen LogP contribution < -0.4 is 0 Å². The Hall–Kier alpha value is -3.32. The summed E-state index contributed by atoms with van der Waals surface area (Å²) in [4.78, 5) is 4.61. The van der Waals surface area contributed by atoms with Gasteiger partial charge >= 0.3 is 0 Å². The maximum absolute atomic E-state index is 8.87. The molecular weight excluding hydrogens is 404 g/mol. The van der Waals surface area contributed by atoms with Crippen LogP contribution in [0.15, 0.2) is 71.3 Å². The zero-order valence-corrected chi connectivity index (χ0v) is 18.2. The maximum atomic E-state index is 8.87. The highest BCUT2D eigenvalue weighted by atomic mass is 16.5. The fraction of sp³-hybridized carbons (Fsp3) is 0.231. The van der Waals surface area contributed by atoms with Crippen LogP contribution in [0, 0.1) is 6.92 Å². The van der Waals surface area contributed by atoms with E-state index in [9.17, 15) is 0 Å². The molecule has 6 heteroatoms. The number of aryl methyl sites for hydroxylation is 1. The number of ether oxygens (including phenoxy) is 2. The second kappa shape index (κ2) is 10.3. The van der Waals surface area contributed by atoms with E-state index in [4.69, 9.17) is 19.1 Å². The minimum Gasteiger partial charge on any atom is -0.394 e. The number of hydrogen-bond acceptors (Lipinski definition) is 6. The van der Waals surface area contributed by atoms with E-state index in [0.29, 0.717) is 31.5 Å². The molecule has 0 bridgehead atoms. The first kappa shape index (κ1) is 21.9. The van der Waals surface area contributed by atoms with Crippen molar-refractivity contribution >= 4 is 0 Å². The number of aliphatic hydroxyl groups is 1. The summed E-state index contributed by atoms with van der Waals surface area (Å²) in [5.41, 5.74) is 7.24. The Morgan fingerprint density at radius 3 is 2.59 bits per heavy atom. The molecule has 4 rings (SSSR count). The molecule has 0 aliphatic rings. The predicted octanol–water partition coefficient (Wildman–Crippen LogP) is 5.03. The number of aromatic nitrogens is 2.